The topological polar surface area (TPSA) is 90.8 Å². The average Bonchev–Trinajstić information content (AvgIpc) is 3.68. The largest absolute Gasteiger partial charge is 0.383 e. The van der Waals surface area contributed by atoms with Gasteiger partial charge in [0.25, 0.3) is 5.91 Å². The number of likely N-dealkylation sites (tertiary alicyclic amines) is 1. The molecule has 0 aliphatic carbocycles. The molecular weight excluding hydrogens is 478 g/mol. The molecule has 3 aliphatic heterocycles. The highest BCUT2D eigenvalue weighted by atomic mass is 16.5. The van der Waals surface area contributed by atoms with Crippen molar-refractivity contribution in [2.24, 2.45) is 0 Å². The van der Waals surface area contributed by atoms with Gasteiger partial charge in [0, 0.05) is 63.1 Å². The summed E-state index contributed by atoms with van der Waals surface area (Å²) in [6.45, 7) is 6.52. The number of carbonyl (C=O) groups excluding carboxylic acids is 1. The van der Waals surface area contributed by atoms with Crippen LogP contribution < -0.4 is 5.32 Å². The Balaban J connectivity index is 1.15. The van der Waals surface area contributed by atoms with Gasteiger partial charge in [-0.3, -0.25) is 9.69 Å². The normalized spacial score (nSPS) is 18.6. The molecule has 1 amide bonds. The zero-order valence-electron chi connectivity index (χ0n) is 21.7. The van der Waals surface area contributed by atoms with E-state index in [0.717, 1.165) is 90.6 Å². The molecule has 9 nitrogen and oxygen atoms in total. The maximum absolute atomic E-state index is 13.0. The lowest BCUT2D eigenvalue weighted by atomic mass is 9.93. The number of H-pyrrole nitrogens is 1. The Morgan fingerprint density at radius 2 is 1.95 bits per heavy atom. The smallest absolute Gasteiger partial charge is 0.252 e. The molecule has 0 spiro atoms. The van der Waals surface area contributed by atoms with Crippen LogP contribution in [0, 0.1) is 0 Å². The summed E-state index contributed by atoms with van der Waals surface area (Å²) in [5.41, 5.74) is 8.05. The van der Waals surface area contributed by atoms with E-state index in [0.29, 0.717) is 12.6 Å². The highest BCUT2D eigenvalue weighted by molar-refractivity contribution is 6.06. The predicted molar refractivity (Wildman–Crippen MR) is 145 cm³/mol. The van der Waals surface area contributed by atoms with E-state index in [1.54, 1.807) is 7.11 Å². The lowest BCUT2D eigenvalue weighted by molar-refractivity contribution is 0.0790. The molecule has 2 N–H and O–H groups in total. The zero-order valence-corrected chi connectivity index (χ0v) is 21.7. The first-order valence-corrected chi connectivity index (χ1v) is 13.6. The molecule has 38 heavy (non-hydrogen) atoms. The van der Waals surface area contributed by atoms with Gasteiger partial charge in [-0.2, -0.15) is 5.10 Å². The number of hydrogen-bond acceptors (Lipinski definition) is 6. The van der Waals surface area contributed by atoms with Crippen molar-refractivity contribution in [1.82, 2.24) is 34.7 Å². The number of aromatic amines is 1. The van der Waals surface area contributed by atoms with Crippen LogP contribution >= 0.6 is 0 Å². The first-order valence-electron chi connectivity index (χ1n) is 13.6. The molecule has 0 bridgehead atoms. The van der Waals surface area contributed by atoms with E-state index < -0.39 is 0 Å². The molecule has 0 atom stereocenters. The second kappa shape index (κ2) is 9.65. The number of methoxy groups -OCH3 is 1. The summed E-state index contributed by atoms with van der Waals surface area (Å²) < 4.78 is 7.12. The third kappa shape index (κ3) is 4.02. The first kappa shape index (κ1) is 23.6. The van der Waals surface area contributed by atoms with E-state index in [4.69, 9.17) is 9.72 Å². The number of imidazole rings is 1. The highest BCUT2D eigenvalue weighted by Crippen LogP contribution is 2.37. The van der Waals surface area contributed by atoms with E-state index in [1.807, 2.05) is 35.1 Å². The molecule has 1 fully saturated rings. The summed E-state index contributed by atoms with van der Waals surface area (Å²) in [7, 11) is 1.77. The zero-order chi connectivity index (χ0) is 25.6. The average molecular weight is 512 g/mol. The molecule has 3 aliphatic rings. The Morgan fingerprint density at radius 3 is 2.82 bits per heavy atom. The van der Waals surface area contributed by atoms with Crippen LogP contribution in [0.2, 0.25) is 0 Å². The second-order valence-electron chi connectivity index (χ2n) is 10.6. The quantitative estimate of drug-likeness (QED) is 0.414. The van der Waals surface area contributed by atoms with Gasteiger partial charge in [-0.1, -0.05) is 12.1 Å². The van der Waals surface area contributed by atoms with Gasteiger partial charge in [0.2, 0.25) is 0 Å². The number of benzene rings is 1. The van der Waals surface area contributed by atoms with Crippen molar-refractivity contribution in [3.05, 3.63) is 65.2 Å². The number of rotatable bonds is 6. The fraction of sp³-hybridized carbons (Fsp3) is 0.414. The molecule has 0 radical (unpaired) electrons. The molecule has 9 heteroatoms. The molecule has 1 saturated heterocycles. The van der Waals surface area contributed by atoms with Gasteiger partial charge >= 0.3 is 0 Å². The first-order chi connectivity index (χ1) is 18.7. The van der Waals surface area contributed by atoms with E-state index in [9.17, 15) is 4.79 Å². The van der Waals surface area contributed by atoms with Crippen LogP contribution in [0.5, 0.6) is 0 Å². The Hall–Kier alpha value is -3.53. The van der Waals surface area contributed by atoms with Crippen LogP contribution in [-0.4, -0.2) is 81.2 Å². The minimum Gasteiger partial charge on any atom is -0.383 e. The van der Waals surface area contributed by atoms with Crippen LogP contribution in [0.3, 0.4) is 0 Å². The molecule has 4 aromatic rings. The number of pyridine rings is 1. The minimum absolute atomic E-state index is 0.0374. The number of piperidine rings is 1. The standard InChI is InChI=1S/C29H33N7O2/c1-38-15-14-34-11-7-19(8-12-34)35-13-9-24-25(18-35)33-28(32-24)21-6-5-20(23-16-30-29(37)27(21)23)22-17-31-36-10-3-2-4-26(22)36/h2-6,10,17,19H,7-9,11-16,18H2,1H3,(H,30,37)(H,32,33). The molecule has 3 aromatic heterocycles. The Bertz CT molecular complexity index is 1500. The SMILES string of the molecule is COCCN1CCC(N2CCc3nc(-c4ccc(-c5cnn6ccccc56)c5c4C(=O)NC5)[nH]c3C2)CC1. The summed E-state index contributed by atoms with van der Waals surface area (Å²) in [5.74, 6) is 0.760. The number of ether oxygens (including phenoxy) is 1. The molecule has 196 valence electrons. The van der Waals surface area contributed by atoms with Crippen LogP contribution in [0.1, 0.15) is 40.2 Å². The highest BCUT2D eigenvalue weighted by Gasteiger charge is 2.31. The van der Waals surface area contributed by atoms with Crippen molar-refractivity contribution in [3.63, 3.8) is 0 Å². The van der Waals surface area contributed by atoms with Gasteiger partial charge in [-0.15, -0.1) is 0 Å². The summed E-state index contributed by atoms with van der Waals surface area (Å²) in [5, 5.41) is 7.55. The van der Waals surface area contributed by atoms with Crippen LogP contribution in [-0.2, 0) is 24.2 Å². The van der Waals surface area contributed by atoms with Gasteiger partial charge in [-0.25, -0.2) is 9.50 Å². The lowest BCUT2D eigenvalue weighted by Gasteiger charge is -2.39. The summed E-state index contributed by atoms with van der Waals surface area (Å²) in [6, 6.07) is 10.8. The van der Waals surface area contributed by atoms with Crippen LogP contribution in [0.25, 0.3) is 28.0 Å². The lowest BCUT2D eigenvalue weighted by Crippen LogP contribution is -2.47. The van der Waals surface area contributed by atoms with Crippen molar-refractivity contribution in [2.45, 2.75) is 38.4 Å². The van der Waals surface area contributed by atoms with Crippen molar-refractivity contribution in [2.75, 3.05) is 39.9 Å². The minimum atomic E-state index is -0.0374. The van der Waals surface area contributed by atoms with E-state index in [-0.39, 0.29) is 5.91 Å². The van der Waals surface area contributed by atoms with Gasteiger partial charge in [-0.05, 0) is 55.3 Å². The second-order valence-corrected chi connectivity index (χ2v) is 10.6. The number of aromatic nitrogens is 4. The third-order valence-electron chi connectivity index (χ3n) is 8.48. The van der Waals surface area contributed by atoms with Crippen LogP contribution in [0.15, 0.2) is 42.7 Å². The number of nitrogens with zero attached hydrogens (tertiary/aromatic N) is 5. The van der Waals surface area contributed by atoms with Crippen molar-refractivity contribution in [1.29, 1.82) is 0 Å². The fourth-order valence-electron chi connectivity index (χ4n) is 6.42. The third-order valence-corrected chi connectivity index (χ3v) is 8.48. The van der Waals surface area contributed by atoms with Crippen molar-refractivity contribution >= 4 is 11.4 Å². The van der Waals surface area contributed by atoms with Gasteiger partial charge in [0.15, 0.2) is 0 Å². The fourth-order valence-corrected chi connectivity index (χ4v) is 6.42. The van der Waals surface area contributed by atoms with E-state index in [2.05, 4.69) is 37.3 Å². The number of fused-ring (bicyclic) bond motifs is 3. The maximum atomic E-state index is 13.0. The summed E-state index contributed by atoms with van der Waals surface area (Å²) in [6.07, 6.45) is 7.15. The molecule has 7 rings (SSSR count). The van der Waals surface area contributed by atoms with E-state index >= 15 is 0 Å². The van der Waals surface area contributed by atoms with Crippen molar-refractivity contribution in [3.8, 4) is 22.5 Å². The molecule has 0 unspecified atom stereocenters. The predicted octanol–water partition coefficient (Wildman–Crippen LogP) is 3.10. The number of nitrogens with one attached hydrogen (secondary N) is 2. The summed E-state index contributed by atoms with van der Waals surface area (Å²) in [4.78, 5) is 26.8. The Labute approximate surface area is 221 Å². The van der Waals surface area contributed by atoms with Gasteiger partial charge in [0.05, 0.1) is 35.3 Å². The van der Waals surface area contributed by atoms with E-state index in [1.165, 1.54) is 18.5 Å². The maximum Gasteiger partial charge on any atom is 0.252 e. The monoisotopic (exact) mass is 511 g/mol. The molecular formula is C29H33N7O2. The number of amides is 1. The molecule has 6 heterocycles. The Kier molecular flexibility index (Phi) is 5.99. The number of hydrogen-bond donors (Lipinski definition) is 2. The number of carbonyl (C=O) groups is 1. The molecule has 1 aromatic carbocycles. The van der Waals surface area contributed by atoms with Gasteiger partial charge < -0.3 is 19.9 Å². The van der Waals surface area contributed by atoms with Crippen molar-refractivity contribution < 1.29 is 9.53 Å². The van der Waals surface area contributed by atoms with Gasteiger partial charge in [0.1, 0.15) is 5.82 Å². The Morgan fingerprint density at radius 1 is 1.08 bits per heavy atom. The van der Waals surface area contributed by atoms with Crippen LogP contribution in [0.4, 0.5) is 0 Å². The summed E-state index contributed by atoms with van der Waals surface area (Å²) >= 11 is 0. The molecule has 0 saturated carbocycles.